The van der Waals surface area contributed by atoms with E-state index in [1.807, 2.05) is 24.7 Å². The van der Waals surface area contributed by atoms with E-state index >= 15 is 0 Å². The zero-order valence-corrected chi connectivity index (χ0v) is 14.5. The van der Waals surface area contributed by atoms with Crippen molar-refractivity contribution < 1.29 is 9.53 Å². The summed E-state index contributed by atoms with van der Waals surface area (Å²) in [4.78, 5) is 15.5. The number of carbonyl (C=O) groups is 1. The molecule has 7 nitrogen and oxygen atoms in total. The van der Waals surface area contributed by atoms with E-state index in [9.17, 15) is 4.79 Å². The van der Waals surface area contributed by atoms with Crippen LogP contribution < -0.4 is 10.6 Å². The maximum absolute atomic E-state index is 11.0. The number of rotatable bonds is 10. The summed E-state index contributed by atoms with van der Waals surface area (Å²) in [7, 11) is 3.35. The highest BCUT2D eigenvalue weighted by atomic mass is 16.5. The summed E-state index contributed by atoms with van der Waals surface area (Å²) < 4.78 is 6.45. The first kappa shape index (κ1) is 19.0. The standard InChI is InChI=1S/C16H29N5O2/c1-4-17-16(19-13-14-10-12-20-21(14)2)18-11-8-6-5-7-9-15(22)23-3/h10,12H,4-9,11,13H2,1-3H3,(H2,17,18,19). The van der Waals surface area contributed by atoms with E-state index in [0.717, 1.165) is 50.4 Å². The summed E-state index contributed by atoms with van der Waals surface area (Å²) in [6.07, 6.45) is 6.36. The molecule has 0 bridgehead atoms. The number of aliphatic imine (C=N–C) groups is 1. The molecule has 1 aromatic heterocycles. The molecule has 1 rings (SSSR count). The molecule has 0 fully saturated rings. The lowest BCUT2D eigenvalue weighted by atomic mass is 10.1. The second-order valence-corrected chi connectivity index (χ2v) is 5.31. The average molecular weight is 323 g/mol. The first-order valence-electron chi connectivity index (χ1n) is 8.23. The molecule has 130 valence electrons. The number of guanidine groups is 1. The van der Waals surface area contributed by atoms with Gasteiger partial charge in [0.2, 0.25) is 0 Å². The van der Waals surface area contributed by atoms with Crippen LogP contribution in [0.3, 0.4) is 0 Å². The van der Waals surface area contributed by atoms with Crippen LogP contribution in [-0.4, -0.2) is 41.9 Å². The second kappa shape index (κ2) is 11.5. The first-order valence-corrected chi connectivity index (χ1v) is 8.23. The monoisotopic (exact) mass is 323 g/mol. The quantitative estimate of drug-likeness (QED) is 0.296. The molecule has 0 spiro atoms. The lowest BCUT2D eigenvalue weighted by molar-refractivity contribution is -0.140. The van der Waals surface area contributed by atoms with Gasteiger partial charge < -0.3 is 15.4 Å². The van der Waals surface area contributed by atoms with Crippen molar-refractivity contribution >= 4 is 11.9 Å². The molecule has 23 heavy (non-hydrogen) atoms. The zero-order valence-electron chi connectivity index (χ0n) is 14.5. The number of esters is 1. The fourth-order valence-corrected chi connectivity index (χ4v) is 2.11. The van der Waals surface area contributed by atoms with Gasteiger partial charge in [-0.2, -0.15) is 5.10 Å². The number of ether oxygens (including phenoxy) is 1. The summed E-state index contributed by atoms with van der Waals surface area (Å²) in [5.74, 6) is 0.697. The Bertz CT molecular complexity index is 485. The van der Waals surface area contributed by atoms with Crippen LogP contribution in [0.5, 0.6) is 0 Å². The highest BCUT2D eigenvalue weighted by Gasteiger charge is 2.01. The molecule has 0 amide bonds. The van der Waals surface area contributed by atoms with Crippen LogP contribution in [-0.2, 0) is 23.1 Å². The van der Waals surface area contributed by atoms with Gasteiger partial charge in [-0.25, -0.2) is 4.99 Å². The molecule has 0 unspecified atom stereocenters. The van der Waals surface area contributed by atoms with Gasteiger partial charge in [-0.15, -0.1) is 0 Å². The van der Waals surface area contributed by atoms with E-state index in [2.05, 4.69) is 25.5 Å². The van der Waals surface area contributed by atoms with Crippen molar-refractivity contribution in [2.75, 3.05) is 20.2 Å². The number of hydrogen-bond acceptors (Lipinski definition) is 4. The number of carbonyl (C=O) groups excluding carboxylic acids is 1. The molecule has 7 heteroatoms. The minimum atomic E-state index is -0.125. The summed E-state index contributed by atoms with van der Waals surface area (Å²) in [5.41, 5.74) is 1.07. The van der Waals surface area contributed by atoms with E-state index < -0.39 is 0 Å². The van der Waals surface area contributed by atoms with Crippen LogP contribution in [0.1, 0.15) is 44.7 Å². The molecule has 0 aliphatic rings. The predicted molar refractivity (Wildman–Crippen MR) is 91.1 cm³/mol. The molecule has 0 atom stereocenters. The van der Waals surface area contributed by atoms with E-state index in [0.29, 0.717) is 13.0 Å². The minimum Gasteiger partial charge on any atom is -0.469 e. The van der Waals surface area contributed by atoms with Gasteiger partial charge in [0, 0.05) is 32.8 Å². The molecule has 1 aromatic rings. The molecule has 0 aliphatic heterocycles. The molecule has 1 heterocycles. The maximum Gasteiger partial charge on any atom is 0.305 e. The number of aromatic nitrogens is 2. The van der Waals surface area contributed by atoms with Crippen LogP contribution in [0.2, 0.25) is 0 Å². The number of methoxy groups -OCH3 is 1. The molecular weight excluding hydrogens is 294 g/mol. The summed E-state index contributed by atoms with van der Waals surface area (Å²) in [5, 5.41) is 10.7. The SMILES string of the molecule is CCNC(=NCc1ccnn1C)NCCCCCCC(=O)OC. The van der Waals surface area contributed by atoms with Gasteiger partial charge in [0.25, 0.3) is 0 Å². The number of unbranched alkanes of at least 4 members (excludes halogenated alkanes) is 3. The van der Waals surface area contributed by atoms with Gasteiger partial charge >= 0.3 is 5.97 Å². The predicted octanol–water partition coefficient (Wildman–Crippen LogP) is 1.60. The lowest BCUT2D eigenvalue weighted by Crippen LogP contribution is -2.37. The Balaban J connectivity index is 2.20. The van der Waals surface area contributed by atoms with Gasteiger partial charge in [-0.05, 0) is 25.8 Å². The molecule has 0 radical (unpaired) electrons. The van der Waals surface area contributed by atoms with Gasteiger partial charge in [-0.3, -0.25) is 9.48 Å². The Labute approximate surface area is 138 Å². The zero-order chi connectivity index (χ0) is 16.9. The van der Waals surface area contributed by atoms with Crippen molar-refractivity contribution in [3.05, 3.63) is 18.0 Å². The third-order valence-electron chi connectivity index (χ3n) is 3.49. The van der Waals surface area contributed by atoms with E-state index in [1.165, 1.54) is 7.11 Å². The van der Waals surface area contributed by atoms with Crippen LogP contribution in [0, 0.1) is 0 Å². The third kappa shape index (κ3) is 8.23. The van der Waals surface area contributed by atoms with Crippen molar-refractivity contribution in [1.29, 1.82) is 0 Å². The first-order chi connectivity index (χ1) is 11.2. The van der Waals surface area contributed by atoms with Crippen molar-refractivity contribution in [3.63, 3.8) is 0 Å². The number of aryl methyl sites for hydroxylation is 1. The average Bonchev–Trinajstić information content (AvgIpc) is 2.96. The topological polar surface area (TPSA) is 80.5 Å². The van der Waals surface area contributed by atoms with Crippen molar-refractivity contribution in [1.82, 2.24) is 20.4 Å². The molecule has 0 aromatic carbocycles. The Morgan fingerprint density at radius 2 is 2.09 bits per heavy atom. The Kier molecular flexibility index (Phi) is 9.51. The largest absolute Gasteiger partial charge is 0.469 e. The van der Waals surface area contributed by atoms with E-state index in [1.54, 1.807) is 6.20 Å². The summed E-state index contributed by atoms with van der Waals surface area (Å²) in [6.45, 7) is 4.35. The van der Waals surface area contributed by atoms with Crippen molar-refractivity contribution in [2.45, 2.75) is 45.6 Å². The molecule has 0 aliphatic carbocycles. The third-order valence-corrected chi connectivity index (χ3v) is 3.49. The highest BCUT2D eigenvalue weighted by molar-refractivity contribution is 5.79. The minimum absolute atomic E-state index is 0.125. The van der Waals surface area contributed by atoms with Gasteiger partial charge in [0.15, 0.2) is 5.96 Å². The van der Waals surface area contributed by atoms with E-state index in [-0.39, 0.29) is 5.97 Å². The number of nitrogens with zero attached hydrogens (tertiary/aromatic N) is 3. The van der Waals surface area contributed by atoms with Crippen molar-refractivity contribution in [2.24, 2.45) is 12.0 Å². The second-order valence-electron chi connectivity index (χ2n) is 5.31. The molecule has 2 N–H and O–H groups in total. The lowest BCUT2D eigenvalue weighted by Gasteiger charge is -2.11. The van der Waals surface area contributed by atoms with Gasteiger partial charge in [0.05, 0.1) is 19.3 Å². The van der Waals surface area contributed by atoms with Gasteiger partial charge in [0.1, 0.15) is 0 Å². The summed E-state index contributed by atoms with van der Waals surface area (Å²) >= 11 is 0. The number of nitrogens with one attached hydrogen (secondary N) is 2. The smallest absolute Gasteiger partial charge is 0.305 e. The van der Waals surface area contributed by atoms with E-state index in [4.69, 9.17) is 0 Å². The van der Waals surface area contributed by atoms with Crippen LogP contribution >= 0.6 is 0 Å². The fraction of sp³-hybridized carbons (Fsp3) is 0.688. The van der Waals surface area contributed by atoms with Crippen LogP contribution in [0.4, 0.5) is 0 Å². The molecule has 0 saturated heterocycles. The highest BCUT2D eigenvalue weighted by Crippen LogP contribution is 2.03. The normalized spacial score (nSPS) is 11.3. The fourth-order valence-electron chi connectivity index (χ4n) is 2.11. The molecule has 0 saturated carbocycles. The van der Waals surface area contributed by atoms with Gasteiger partial charge in [-0.1, -0.05) is 12.8 Å². The maximum atomic E-state index is 11.0. The molecular formula is C16H29N5O2. The van der Waals surface area contributed by atoms with Crippen LogP contribution in [0.25, 0.3) is 0 Å². The Morgan fingerprint density at radius 3 is 2.74 bits per heavy atom. The summed E-state index contributed by atoms with van der Waals surface area (Å²) in [6, 6.07) is 1.97. The number of hydrogen-bond donors (Lipinski definition) is 2. The van der Waals surface area contributed by atoms with Crippen molar-refractivity contribution in [3.8, 4) is 0 Å². The Hall–Kier alpha value is -2.05. The van der Waals surface area contributed by atoms with Crippen LogP contribution in [0.15, 0.2) is 17.3 Å². The Morgan fingerprint density at radius 1 is 1.30 bits per heavy atom.